The van der Waals surface area contributed by atoms with Crippen molar-refractivity contribution in [3.63, 3.8) is 0 Å². The van der Waals surface area contributed by atoms with E-state index in [2.05, 4.69) is 4.74 Å². The van der Waals surface area contributed by atoms with Gasteiger partial charge in [0.05, 0.1) is 25.8 Å². The number of esters is 1. The second kappa shape index (κ2) is 7.21. The lowest BCUT2D eigenvalue weighted by Crippen LogP contribution is -2.33. The number of nitrogens with two attached hydrogens (primary N) is 1. The molecule has 1 unspecified atom stereocenters. The fourth-order valence-electron chi connectivity index (χ4n) is 1.66. The first kappa shape index (κ1) is 15.6. The molecule has 0 fully saturated rings. The van der Waals surface area contributed by atoms with E-state index in [1.807, 2.05) is 6.92 Å². The SMILES string of the molecule is CCOc1c(Cl)cc(CC(N)C(=O)OC)cc1OC. The van der Waals surface area contributed by atoms with E-state index in [0.29, 0.717) is 29.5 Å². The summed E-state index contributed by atoms with van der Waals surface area (Å²) in [4.78, 5) is 11.3. The Hall–Kier alpha value is -1.46. The molecule has 1 rings (SSSR count). The summed E-state index contributed by atoms with van der Waals surface area (Å²) in [5.74, 6) is 0.535. The van der Waals surface area contributed by atoms with Crippen LogP contribution in [-0.2, 0) is 16.0 Å². The summed E-state index contributed by atoms with van der Waals surface area (Å²) in [5.41, 5.74) is 6.49. The molecule has 1 atom stereocenters. The maximum absolute atomic E-state index is 11.3. The molecular weight excluding hydrogens is 270 g/mol. The highest BCUT2D eigenvalue weighted by Crippen LogP contribution is 2.36. The number of methoxy groups -OCH3 is 2. The van der Waals surface area contributed by atoms with E-state index >= 15 is 0 Å². The zero-order valence-corrected chi connectivity index (χ0v) is 12.0. The van der Waals surface area contributed by atoms with Crippen molar-refractivity contribution in [2.24, 2.45) is 5.73 Å². The van der Waals surface area contributed by atoms with Gasteiger partial charge in [0.15, 0.2) is 11.5 Å². The molecular formula is C13H18ClNO4. The normalized spacial score (nSPS) is 11.8. The smallest absolute Gasteiger partial charge is 0.322 e. The zero-order valence-electron chi connectivity index (χ0n) is 11.2. The van der Waals surface area contributed by atoms with E-state index in [-0.39, 0.29) is 0 Å². The Labute approximate surface area is 117 Å². The third-order valence-corrected chi connectivity index (χ3v) is 2.82. The van der Waals surface area contributed by atoms with Crippen molar-refractivity contribution in [3.05, 3.63) is 22.7 Å². The van der Waals surface area contributed by atoms with Crippen LogP contribution in [0.25, 0.3) is 0 Å². The summed E-state index contributed by atoms with van der Waals surface area (Å²) in [6.07, 6.45) is 0.315. The average Bonchev–Trinajstić information content (AvgIpc) is 2.40. The number of rotatable bonds is 6. The van der Waals surface area contributed by atoms with Gasteiger partial charge in [0.1, 0.15) is 6.04 Å². The lowest BCUT2D eigenvalue weighted by Gasteiger charge is -2.14. The van der Waals surface area contributed by atoms with Crippen LogP contribution in [0.15, 0.2) is 12.1 Å². The predicted octanol–water partition coefficient (Wildman–Crippen LogP) is 1.79. The fourth-order valence-corrected chi connectivity index (χ4v) is 1.95. The zero-order chi connectivity index (χ0) is 14.4. The predicted molar refractivity (Wildman–Crippen MR) is 72.9 cm³/mol. The van der Waals surface area contributed by atoms with Gasteiger partial charge in [0.25, 0.3) is 0 Å². The molecule has 19 heavy (non-hydrogen) atoms. The topological polar surface area (TPSA) is 70.8 Å². The molecule has 0 saturated heterocycles. The molecule has 0 aromatic heterocycles. The van der Waals surface area contributed by atoms with E-state index in [1.165, 1.54) is 14.2 Å². The van der Waals surface area contributed by atoms with E-state index in [9.17, 15) is 4.79 Å². The lowest BCUT2D eigenvalue weighted by molar-refractivity contribution is -0.142. The third kappa shape index (κ3) is 4.01. The van der Waals surface area contributed by atoms with Crippen molar-refractivity contribution in [1.29, 1.82) is 0 Å². The van der Waals surface area contributed by atoms with Gasteiger partial charge >= 0.3 is 5.97 Å². The lowest BCUT2D eigenvalue weighted by atomic mass is 10.1. The Kier molecular flexibility index (Phi) is 5.92. The molecule has 6 heteroatoms. The van der Waals surface area contributed by atoms with Crippen molar-refractivity contribution >= 4 is 17.6 Å². The molecule has 5 nitrogen and oxygen atoms in total. The van der Waals surface area contributed by atoms with Crippen LogP contribution in [0, 0.1) is 0 Å². The Balaban J connectivity index is 2.98. The van der Waals surface area contributed by atoms with Crippen molar-refractivity contribution in [2.75, 3.05) is 20.8 Å². The summed E-state index contributed by atoms with van der Waals surface area (Å²) >= 11 is 6.13. The Morgan fingerprint density at radius 3 is 2.63 bits per heavy atom. The maximum Gasteiger partial charge on any atom is 0.322 e. The van der Waals surface area contributed by atoms with Crippen LogP contribution in [0.1, 0.15) is 12.5 Å². The highest BCUT2D eigenvalue weighted by Gasteiger charge is 2.17. The molecule has 0 aliphatic heterocycles. The minimum atomic E-state index is -0.733. The van der Waals surface area contributed by atoms with Crippen LogP contribution in [0.2, 0.25) is 5.02 Å². The number of carbonyl (C=O) groups excluding carboxylic acids is 1. The first-order valence-electron chi connectivity index (χ1n) is 5.86. The van der Waals surface area contributed by atoms with Crippen LogP contribution in [0.5, 0.6) is 11.5 Å². The molecule has 0 saturated carbocycles. The van der Waals surface area contributed by atoms with Crippen LogP contribution >= 0.6 is 11.6 Å². The van der Waals surface area contributed by atoms with Gasteiger partial charge in [-0.05, 0) is 31.0 Å². The molecule has 0 bridgehead atoms. The molecule has 1 aromatic carbocycles. The van der Waals surface area contributed by atoms with Gasteiger partial charge in [-0.2, -0.15) is 0 Å². The minimum absolute atomic E-state index is 0.315. The van der Waals surface area contributed by atoms with Gasteiger partial charge in [-0.15, -0.1) is 0 Å². The Bertz CT molecular complexity index is 451. The number of hydrogen-bond donors (Lipinski definition) is 1. The molecule has 2 N–H and O–H groups in total. The van der Waals surface area contributed by atoms with Crippen molar-refractivity contribution < 1.29 is 19.0 Å². The number of carbonyl (C=O) groups is 1. The molecule has 0 radical (unpaired) electrons. The molecule has 0 spiro atoms. The summed E-state index contributed by atoms with van der Waals surface area (Å²) < 4.78 is 15.2. The largest absolute Gasteiger partial charge is 0.493 e. The number of hydrogen-bond acceptors (Lipinski definition) is 5. The minimum Gasteiger partial charge on any atom is -0.493 e. The molecule has 106 valence electrons. The van der Waals surface area contributed by atoms with E-state index < -0.39 is 12.0 Å². The maximum atomic E-state index is 11.3. The van der Waals surface area contributed by atoms with Crippen LogP contribution in [-0.4, -0.2) is 32.8 Å². The standard InChI is InChI=1S/C13H18ClNO4/c1-4-19-12-9(14)5-8(7-11(12)17-2)6-10(15)13(16)18-3/h5,7,10H,4,6,15H2,1-3H3. The van der Waals surface area contributed by atoms with Gasteiger partial charge in [0, 0.05) is 0 Å². The monoisotopic (exact) mass is 287 g/mol. The second-order valence-corrected chi connectivity index (χ2v) is 4.28. The highest BCUT2D eigenvalue weighted by molar-refractivity contribution is 6.32. The quantitative estimate of drug-likeness (QED) is 0.808. The highest BCUT2D eigenvalue weighted by atomic mass is 35.5. The van der Waals surface area contributed by atoms with Crippen molar-refractivity contribution in [1.82, 2.24) is 0 Å². The summed E-state index contributed by atoms with van der Waals surface area (Å²) in [7, 11) is 2.83. The van der Waals surface area contributed by atoms with E-state index in [1.54, 1.807) is 12.1 Å². The molecule has 0 aliphatic rings. The van der Waals surface area contributed by atoms with Gasteiger partial charge in [-0.25, -0.2) is 0 Å². The summed E-state index contributed by atoms with van der Waals surface area (Å²) in [5, 5.41) is 0.424. The van der Waals surface area contributed by atoms with Crippen molar-refractivity contribution in [3.8, 4) is 11.5 Å². The Morgan fingerprint density at radius 2 is 2.11 bits per heavy atom. The third-order valence-electron chi connectivity index (χ3n) is 2.54. The van der Waals surface area contributed by atoms with E-state index in [0.717, 1.165) is 5.56 Å². The fraction of sp³-hybridized carbons (Fsp3) is 0.462. The molecule has 0 amide bonds. The second-order valence-electron chi connectivity index (χ2n) is 3.88. The van der Waals surface area contributed by atoms with Crippen molar-refractivity contribution in [2.45, 2.75) is 19.4 Å². The molecule has 0 aliphatic carbocycles. The van der Waals surface area contributed by atoms with Gasteiger partial charge in [-0.3, -0.25) is 4.79 Å². The first-order valence-corrected chi connectivity index (χ1v) is 6.23. The first-order chi connectivity index (χ1) is 9.03. The molecule has 1 aromatic rings. The van der Waals surface area contributed by atoms with E-state index in [4.69, 9.17) is 26.8 Å². The number of benzene rings is 1. The van der Waals surface area contributed by atoms with Gasteiger partial charge < -0.3 is 19.9 Å². The molecule has 0 heterocycles. The Morgan fingerprint density at radius 1 is 1.42 bits per heavy atom. The van der Waals surface area contributed by atoms with Crippen LogP contribution < -0.4 is 15.2 Å². The summed E-state index contributed by atoms with van der Waals surface area (Å²) in [6.45, 7) is 2.34. The summed E-state index contributed by atoms with van der Waals surface area (Å²) in [6, 6.07) is 2.72. The van der Waals surface area contributed by atoms with Crippen LogP contribution in [0.3, 0.4) is 0 Å². The van der Waals surface area contributed by atoms with Crippen LogP contribution in [0.4, 0.5) is 0 Å². The van der Waals surface area contributed by atoms with Gasteiger partial charge in [0.2, 0.25) is 0 Å². The average molecular weight is 288 g/mol. The number of ether oxygens (including phenoxy) is 3. The van der Waals surface area contributed by atoms with Gasteiger partial charge in [-0.1, -0.05) is 11.6 Å². The number of halogens is 1.